The van der Waals surface area contributed by atoms with Crippen molar-refractivity contribution in [3.8, 4) is 0 Å². The topological polar surface area (TPSA) is 81.8 Å². The van der Waals surface area contributed by atoms with Crippen LogP contribution < -0.4 is 10.9 Å². The third kappa shape index (κ3) is 4.02. The number of imidazole rings is 1. The van der Waals surface area contributed by atoms with Crippen LogP contribution in [0.1, 0.15) is 44.1 Å². The van der Waals surface area contributed by atoms with Crippen LogP contribution in [0, 0.1) is 5.92 Å². The van der Waals surface area contributed by atoms with E-state index in [-0.39, 0.29) is 24.1 Å². The van der Waals surface area contributed by atoms with Crippen LogP contribution in [0.4, 0.5) is 0 Å². The molecule has 27 heavy (non-hydrogen) atoms. The molecule has 0 fully saturated rings. The highest BCUT2D eigenvalue weighted by Crippen LogP contribution is 2.28. The maximum absolute atomic E-state index is 12.5. The molecule has 2 aliphatic rings. The van der Waals surface area contributed by atoms with E-state index in [4.69, 9.17) is 0 Å². The molecule has 2 aromatic heterocycles. The zero-order valence-corrected chi connectivity index (χ0v) is 15.6. The van der Waals surface area contributed by atoms with E-state index >= 15 is 0 Å². The highest BCUT2D eigenvalue weighted by Gasteiger charge is 2.21. The maximum atomic E-state index is 12.5. The molecule has 0 bridgehead atoms. The van der Waals surface area contributed by atoms with Crippen molar-refractivity contribution < 1.29 is 4.79 Å². The Morgan fingerprint density at radius 3 is 3.04 bits per heavy atom. The number of carbonyl (C=O) groups excluding carboxylic acids is 1. The van der Waals surface area contributed by atoms with Gasteiger partial charge >= 0.3 is 0 Å². The van der Waals surface area contributed by atoms with E-state index in [2.05, 4.69) is 33.0 Å². The smallest absolute Gasteiger partial charge is 0.267 e. The Balaban J connectivity index is 1.42. The van der Waals surface area contributed by atoms with Crippen molar-refractivity contribution in [3.63, 3.8) is 0 Å². The molecule has 7 heteroatoms. The standard InChI is InChI=1S/C20H25N5O2/c1-14-2-4-15(5-3-14)17-6-7-20(27)25(23-17)13-19(26)22-16-8-10-24-11-9-21-18(24)12-16/h4,6-7,9,11,14,16H,2-3,5,8,10,12-13H2,1H3,(H,22,26). The Morgan fingerprint density at radius 2 is 2.22 bits per heavy atom. The summed E-state index contributed by atoms with van der Waals surface area (Å²) in [5.74, 6) is 1.50. The third-order valence-corrected chi connectivity index (χ3v) is 5.48. The molecule has 0 saturated heterocycles. The first-order valence-electron chi connectivity index (χ1n) is 9.65. The molecule has 7 nitrogen and oxygen atoms in total. The fraction of sp³-hybridized carbons (Fsp3) is 0.500. The summed E-state index contributed by atoms with van der Waals surface area (Å²) in [5, 5.41) is 7.46. The number of carbonyl (C=O) groups is 1. The Hall–Kier alpha value is -2.70. The molecule has 2 atom stereocenters. The van der Waals surface area contributed by atoms with Crippen LogP contribution in [0.2, 0.25) is 0 Å². The number of hydrogen-bond acceptors (Lipinski definition) is 4. The quantitative estimate of drug-likeness (QED) is 0.893. The summed E-state index contributed by atoms with van der Waals surface area (Å²) in [4.78, 5) is 28.9. The van der Waals surface area contributed by atoms with Crippen molar-refractivity contribution in [2.75, 3.05) is 0 Å². The number of aromatic nitrogens is 4. The summed E-state index contributed by atoms with van der Waals surface area (Å²) in [6, 6.07) is 3.32. The largest absolute Gasteiger partial charge is 0.351 e. The lowest BCUT2D eigenvalue weighted by molar-refractivity contribution is -0.122. The molecule has 2 aromatic rings. The van der Waals surface area contributed by atoms with Gasteiger partial charge in [-0.25, -0.2) is 9.67 Å². The minimum Gasteiger partial charge on any atom is -0.351 e. The molecule has 4 rings (SSSR count). The molecule has 1 aliphatic heterocycles. The Morgan fingerprint density at radius 1 is 1.33 bits per heavy atom. The normalized spacial score (nSPS) is 22.0. The van der Waals surface area contributed by atoms with Gasteiger partial charge in [0.1, 0.15) is 12.4 Å². The third-order valence-electron chi connectivity index (χ3n) is 5.48. The number of aryl methyl sites for hydroxylation is 1. The Kier molecular flexibility index (Phi) is 4.92. The molecular weight excluding hydrogens is 342 g/mol. The molecule has 1 N–H and O–H groups in total. The lowest BCUT2D eigenvalue weighted by Crippen LogP contribution is -2.43. The molecule has 0 radical (unpaired) electrons. The highest BCUT2D eigenvalue weighted by atomic mass is 16.2. The van der Waals surface area contributed by atoms with Gasteiger partial charge in [0.2, 0.25) is 5.91 Å². The summed E-state index contributed by atoms with van der Waals surface area (Å²) in [6.45, 7) is 3.03. The number of amides is 1. The van der Waals surface area contributed by atoms with Crippen LogP contribution in [-0.4, -0.2) is 31.3 Å². The second-order valence-corrected chi connectivity index (χ2v) is 7.62. The Labute approximate surface area is 158 Å². The number of rotatable bonds is 4. The molecule has 142 valence electrons. The van der Waals surface area contributed by atoms with Gasteiger partial charge in [-0.1, -0.05) is 13.0 Å². The molecular formula is C20H25N5O2. The van der Waals surface area contributed by atoms with Gasteiger partial charge in [-0.2, -0.15) is 5.10 Å². The minimum atomic E-state index is -0.252. The van der Waals surface area contributed by atoms with E-state index < -0.39 is 0 Å². The van der Waals surface area contributed by atoms with Crippen LogP contribution in [0.25, 0.3) is 5.57 Å². The fourth-order valence-electron chi connectivity index (χ4n) is 3.81. The summed E-state index contributed by atoms with van der Waals surface area (Å²) < 4.78 is 3.38. The summed E-state index contributed by atoms with van der Waals surface area (Å²) in [6.07, 6.45) is 10.7. The Bertz CT molecular complexity index is 926. The lowest BCUT2D eigenvalue weighted by atomic mass is 9.90. The second kappa shape index (κ2) is 7.50. The first-order valence-corrected chi connectivity index (χ1v) is 9.65. The highest BCUT2D eigenvalue weighted by molar-refractivity contribution is 5.76. The van der Waals surface area contributed by atoms with E-state index in [0.717, 1.165) is 43.7 Å². The average Bonchev–Trinajstić information content (AvgIpc) is 3.12. The molecule has 2 unspecified atom stereocenters. The van der Waals surface area contributed by atoms with Gasteiger partial charge in [-0.05, 0) is 43.2 Å². The van der Waals surface area contributed by atoms with E-state index in [1.54, 1.807) is 12.3 Å². The minimum absolute atomic E-state index is 0.0498. The number of hydrogen-bond donors (Lipinski definition) is 1. The van der Waals surface area contributed by atoms with Gasteiger partial charge < -0.3 is 9.88 Å². The molecule has 1 amide bonds. The van der Waals surface area contributed by atoms with Crippen molar-refractivity contribution in [1.29, 1.82) is 0 Å². The van der Waals surface area contributed by atoms with Gasteiger partial charge in [0.05, 0.1) is 5.69 Å². The number of fused-ring (bicyclic) bond motifs is 1. The first-order chi connectivity index (χ1) is 13.1. The SMILES string of the molecule is CC1CC=C(c2ccc(=O)n(CC(=O)NC3CCn4ccnc4C3)n2)CC1. The maximum Gasteiger partial charge on any atom is 0.267 e. The summed E-state index contributed by atoms with van der Waals surface area (Å²) in [7, 11) is 0. The summed E-state index contributed by atoms with van der Waals surface area (Å²) in [5.41, 5.74) is 1.72. The zero-order valence-electron chi connectivity index (χ0n) is 15.6. The lowest BCUT2D eigenvalue weighted by Gasteiger charge is -2.24. The van der Waals surface area contributed by atoms with E-state index in [0.29, 0.717) is 12.3 Å². The van der Waals surface area contributed by atoms with Crippen LogP contribution in [-0.2, 0) is 24.3 Å². The van der Waals surface area contributed by atoms with E-state index in [9.17, 15) is 9.59 Å². The van der Waals surface area contributed by atoms with E-state index in [1.807, 2.05) is 6.20 Å². The molecule has 0 saturated carbocycles. The van der Waals surface area contributed by atoms with Crippen LogP contribution in [0.15, 0.2) is 35.4 Å². The van der Waals surface area contributed by atoms with Gasteiger partial charge in [0.15, 0.2) is 0 Å². The number of nitrogens with one attached hydrogen (secondary N) is 1. The van der Waals surface area contributed by atoms with Crippen LogP contribution in [0.3, 0.4) is 0 Å². The van der Waals surface area contributed by atoms with Crippen molar-refractivity contribution in [3.05, 3.63) is 52.5 Å². The predicted molar refractivity (Wildman–Crippen MR) is 102 cm³/mol. The van der Waals surface area contributed by atoms with Crippen LogP contribution in [0.5, 0.6) is 0 Å². The van der Waals surface area contributed by atoms with Gasteiger partial charge in [0.25, 0.3) is 5.56 Å². The number of allylic oxidation sites excluding steroid dienone is 2. The second-order valence-electron chi connectivity index (χ2n) is 7.62. The van der Waals surface area contributed by atoms with Crippen molar-refractivity contribution in [1.82, 2.24) is 24.6 Å². The average molecular weight is 367 g/mol. The first kappa shape index (κ1) is 17.7. The number of nitrogens with zero attached hydrogens (tertiary/aromatic N) is 4. The van der Waals surface area contributed by atoms with Gasteiger partial charge in [0, 0.05) is 37.5 Å². The van der Waals surface area contributed by atoms with Gasteiger partial charge in [-0.3, -0.25) is 9.59 Å². The fourth-order valence-corrected chi connectivity index (χ4v) is 3.81. The monoisotopic (exact) mass is 367 g/mol. The summed E-state index contributed by atoms with van der Waals surface area (Å²) >= 11 is 0. The van der Waals surface area contributed by atoms with Crippen molar-refractivity contribution >= 4 is 11.5 Å². The molecule has 1 aliphatic carbocycles. The zero-order chi connectivity index (χ0) is 18.8. The van der Waals surface area contributed by atoms with Crippen molar-refractivity contribution in [2.24, 2.45) is 5.92 Å². The predicted octanol–water partition coefficient (Wildman–Crippen LogP) is 1.77. The van der Waals surface area contributed by atoms with E-state index in [1.165, 1.54) is 16.3 Å². The molecule has 0 spiro atoms. The van der Waals surface area contributed by atoms with Gasteiger partial charge in [-0.15, -0.1) is 0 Å². The molecule has 0 aromatic carbocycles. The van der Waals surface area contributed by atoms with Crippen molar-refractivity contribution in [2.45, 2.75) is 58.2 Å². The van der Waals surface area contributed by atoms with Crippen LogP contribution >= 0.6 is 0 Å². The molecule has 3 heterocycles.